The van der Waals surface area contributed by atoms with Crippen LogP contribution >= 0.6 is 0 Å². The van der Waals surface area contributed by atoms with E-state index < -0.39 is 0 Å². The Morgan fingerprint density at radius 2 is 2.33 bits per heavy atom. The highest BCUT2D eigenvalue weighted by molar-refractivity contribution is 5.46. The largest absolute Gasteiger partial charge is 0.367 e. The number of hydrogen-bond acceptors (Lipinski definition) is 3. The highest BCUT2D eigenvalue weighted by Crippen LogP contribution is 2.24. The van der Waals surface area contributed by atoms with Crippen LogP contribution in [-0.4, -0.2) is 21.2 Å². The zero-order chi connectivity index (χ0) is 12.2. The van der Waals surface area contributed by atoms with Gasteiger partial charge < -0.3 is 5.32 Å². The lowest BCUT2D eigenvalue weighted by molar-refractivity contribution is 0.557. The minimum atomic E-state index is 0.561. The Hall–Kier alpha value is -1.84. The van der Waals surface area contributed by atoms with Crippen molar-refractivity contribution in [1.29, 1.82) is 0 Å². The van der Waals surface area contributed by atoms with E-state index in [-0.39, 0.29) is 0 Å². The average molecular weight is 242 g/mol. The molecule has 0 spiro atoms. The fraction of sp³-hybridized carbons (Fsp3) is 0.429. The molecule has 94 valence electrons. The Labute approximate surface area is 107 Å². The molecule has 0 aliphatic carbocycles. The van der Waals surface area contributed by atoms with Gasteiger partial charge in [-0.2, -0.15) is 5.10 Å². The molecule has 1 unspecified atom stereocenters. The number of H-pyrrole nitrogens is 1. The first-order valence-electron chi connectivity index (χ1n) is 6.61. The zero-order valence-corrected chi connectivity index (χ0v) is 10.4. The van der Waals surface area contributed by atoms with Gasteiger partial charge in [-0.15, -0.1) is 0 Å². The summed E-state index contributed by atoms with van der Waals surface area (Å²) < 4.78 is 0. The predicted octanol–water partition coefficient (Wildman–Crippen LogP) is 2.55. The van der Waals surface area contributed by atoms with Gasteiger partial charge >= 0.3 is 0 Å². The smallest absolute Gasteiger partial charge is 0.129 e. The number of nitrogens with zero attached hydrogens (tertiary/aromatic N) is 2. The van der Waals surface area contributed by atoms with Crippen LogP contribution in [0.4, 0.5) is 5.82 Å². The van der Waals surface area contributed by atoms with Gasteiger partial charge in [-0.3, -0.25) is 5.10 Å². The topological polar surface area (TPSA) is 53.6 Å². The maximum absolute atomic E-state index is 4.40. The lowest BCUT2D eigenvalue weighted by Gasteiger charge is -2.25. The van der Waals surface area contributed by atoms with Crippen molar-refractivity contribution in [2.75, 3.05) is 5.32 Å². The van der Waals surface area contributed by atoms with E-state index in [4.69, 9.17) is 0 Å². The van der Waals surface area contributed by atoms with Crippen LogP contribution in [0.15, 0.2) is 30.6 Å². The van der Waals surface area contributed by atoms with Crippen molar-refractivity contribution in [3.05, 3.63) is 41.9 Å². The second-order valence-corrected chi connectivity index (χ2v) is 4.85. The number of anilines is 1. The van der Waals surface area contributed by atoms with Crippen LogP contribution in [0.5, 0.6) is 0 Å². The van der Waals surface area contributed by atoms with Gasteiger partial charge in [0.1, 0.15) is 5.82 Å². The summed E-state index contributed by atoms with van der Waals surface area (Å²) in [5.74, 6) is 1.08. The van der Waals surface area contributed by atoms with Crippen molar-refractivity contribution in [3.8, 4) is 0 Å². The molecule has 18 heavy (non-hydrogen) atoms. The third kappa shape index (κ3) is 2.53. The molecule has 1 atom stereocenters. The Morgan fingerprint density at radius 3 is 3.22 bits per heavy atom. The van der Waals surface area contributed by atoms with Crippen molar-refractivity contribution in [3.63, 3.8) is 0 Å². The summed E-state index contributed by atoms with van der Waals surface area (Å²) in [4.78, 5) is 4.40. The zero-order valence-electron chi connectivity index (χ0n) is 10.4. The van der Waals surface area contributed by atoms with Crippen LogP contribution in [0.25, 0.3) is 0 Å². The molecule has 2 aromatic heterocycles. The minimum absolute atomic E-state index is 0.561. The molecule has 0 amide bonds. The first kappa shape index (κ1) is 11.3. The number of nitrogens with one attached hydrogen (secondary N) is 2. The van der Waals surface area contributed by atoms with Crippen molar-refractivity contribution in [2.45, 2.75) is 38.1 Å². The van der Waals surface area contributed by atoms with Crippen LogP contribution in [0.1, 0.15) is 30.5 Å². The van der Waals surface area contributed by atoms with E-state index in [2.05, 4.69) is 26.6 Å². The Balaban J connectivity index is 1.51. The highest BCUT2D eigenvalue weighted by atomic mass is 15.1. The summed E-state index contributed by atoms with van der Waals surface area (Å²) in [6.07, 6.45) is 9.50. The molecule has 2 N–H and O–H groups in total. The predicted molar refractivity (Wildman–Crippen MR) is 71.5 cm³/mol. The average Bonchev–Trinajstić information content (AvgIpc) is 2.92. The van der Waals surface area contributed by atoms with E-state index in [1.807, 2.05) is 24.5 Å². The summed E-state index contributed by atoms with van der Waals surface area (Å²) in [5.41, 5.74) is 2.50. The fourth-order valence-corrected chi connectivity index (χ4v) is 2.54. The van der Waals surface area contributed by atoms with E-state index in [1.54, 1.807) is 0 Å². The summed E-state index contributed by atoms with van der Waals surface area (Å²) >= 11 is 0. The minimum Gasteiger partial charge on any atom is -0.367 e. The number of pyridine rings is 1. The van der Waals surface area contributed by atoms with Gasteiger partial charge in [-0.1, -0.05) is 6.07 Å². The van der Waals surface area contributed by atoms with Gasteiger partial charge in [-0.25, -0.2) is 4.98 Å². The Morgan fingerprint density at radius 1 is 1.33 bits per heavy atom. The van der Waals surface area contributed by atoms with Gasteiger partial charge in [0.25, 0.3) is 0 Å². The molecule has 4 nitrogen and oxygen atoms in total. The molecule has 0 saturated heterocycles. The first-order valence-corrected chi connectivity index (χ1v) is 6.61. The molecular weight excluding hydrogens is 224 g/mol. The van der Waals surface area contributed by atoms with E-state index in [1.165, 1.54) is 24.8 Å². The van der Waals surface area contributed by atoms with Crippen molar-refractivity contribution >= 4 is 5.82 Å². The molecule has 2 aromatic rings. The van der Waals surface area contributed by atoms with E-state index in [0.29, 0.717) is 6.04 Å². The second-order valence-electron chi connectivity index (χ2n) is 4.85. The van der Waals surface area contributed by atoms with E-state index in [9.17, 15) is 0 Å². The van der Waals surface area contributed by atoms with Gasteiger partial charge in [0.2, 0.25) is 0 Å². The highest BCUT2D eigenvalue weighted by Gasteiger charge is 2.17. The summed E-state index contributed by atoms with van der Waals surface area (Å²) in [7, 11) is 0. The summed E-state index contributed by atoms with van der Waals surface area (Å²) in [6.45, 7) is 0. The molecule has 0 aromatic carbocycles. The van der Waals surface area contributed by atoms with Crippen LogP contribution in [0.2, 0.25) is 0 Å². The van der Waals surface area contributed by atoms with Crippen LogP contribution < -0.4 is 5.32 Å². The van der Waals surface area contributed by atoms with E-state index in [0.717, 1.165) is 24.4 Å². The Bertz CT molecular complexity index is 492. The molecule has 1 aliphatic heterocycles. The number of aromatic amines is 1. The normalized spacial score (nSPS) is 18.1. The lowest BCUT2D eigenvalue weighted by atomic mass is 9.97. The number of hydrogen-bond donors (Lipinski definition) is 2. The van der Waals surface area contributed by atoms with Gasteiger partial charge in [0.15, 0.2) is 0 Å². The molecule has 3 heterocycles. The number of aromatic nitrogens is 3. The molecule has 0 radical (unpaired) electrons. The second kappa shape index (κ2) is 5.21. The molecule has 0 fully saturated rings. The van der Waals surface area contributed by atoms with Crippen LogP contribution in [0, 0.1) is 0 Å². The monoisotopic (exact) mass is 242 g/mol. The number of rotatable bonds is 4. The van der Waals surface area contributed by atoms with Crippen molar-refractivity contribution < 1.29 is 0 Å². The van der Waals surface area contributed by atoms with Crippen LogP contribution in [-0.2, 0) is 12.8 Å². The fourth-order valence-electron chi connectivity index (χ4n) is 2.54. The molecular formula is C14H18N4. The van der Waals surface area contributed by atoms with Gasteiger partial charge in [0.05, 0.1) is 5.69 Å². The maximum Gasteiger partial charge on any atom is 0.129 e. The van der Waals surface area contributed by atoms with E-state index >= 15 is 0 Å². The van der Waals surface area contributed by atoms with Crippen LogP contribution in [0.3, 0.4) is 0 Å². The van der Waals surface area contributed by atoms with Crippen molar-refractivity contribution in [2.24, 2.45) is 0 Å². The van der Waals surface area contributed by atoms with Gasteiger partial charge in [0, 0.05) is 18.4 Å². The molecule has 3 rings (SSSR count). The SMILES string of the molecule is c1cnc2c(c1)CCC(CCCc1cc[nH]n1)N2. The molecule has 0 saturated carbocycles. The third-order valence-electron chi connectivity index (χ3n) is 3.54. The number of aryl methyl sites for hydroxylation is 2. The number of fused-ring (bicyclic) bond motifs is 1. The standard InChI is InChI=1S/C14H18N4/c1(5-13-8-10-16-18-13)4-12-7-6-11-3-2-9-15-14(11)17-12/h2-3,8-10,12H,1,4-7H2,(H,15,17)(H,16,18). The molecule has 4 heteroatoms. The first-order chi connectivity index (χ1) is 8.92. The molecule has 0 bridgehead atoms. The molecule has 1 aliphatic rings. The van der Waals surface area contributed by atoms with Gasteiger partial charge in [-0.05, 0) is 49.8 Å². The lowest BCUT2D eigenvalue weighted by Crippen LogP contribution is -2.26. The third-order valence-corrected chi connectivity index (χ3v) is 3.54. The van der Waals surface area contributed by atoms with Crippen molar-refractivity contribution in [1.82, 2.24) is 15.2 Å². The Kier molecular flexibility index (Phi) is 3.26. The quantitative estimate of drug-likeness (QED) is 0.866. The summed E-state index contributed by atoms with van der Waals surface area (Å²) in [6, 6.07) is 6.78. The summed E-state index contributed by atoms with van der Waals surface area (Å²) in [5, 5.41) is 10.6. The maximum atomic E-state index is 4.40.